The quantitative estimate of drug-likeness (QED) is 0.713. The second kappa shape index (κ2) is 3.59. The maximum absolute atomic E-state index is 10.7. The lowest BCUT2D eigenvalue weighted by molar-refractivity contribution is -0.114. The summed E-state index contributed by atoms with van der Waals surface area (Å²) < 4.78 is 0. The Kier molecular flexibility index (Phi) is 2.71. The Labute approximate surface area is 76.5 Å². The number of nitrogens with one attached hydrogen (secondary N) is 1. The molecule has 1 N–H and O–H groups in total. The largest absolute Gasteiger partial charge is 0.326 e. The minimum absolute atomic E-state index is 0.0830. The van der Waals surface area contributed by atoms with Crippen molar-refractivity contribution in [2.75, 3.05) is 5.32 Å². The molecule has 12 heavy (non-hydrogen) atoms. The van der Waals surface area contributed by atoms with Crippen molar-refractivity contribution >= 4 is 23.2 Å². The van der Waals surface area contributed by atoms with Crippen molar-refractivity contribution in [3.8, 4) is 0 Å². The first kappa shape index (κ1) is 9.07. The van der Waals surface area contributed by atoms with Crippen molar-refractivity contribution in [3.63, 3.8) is 0 Å². The van der Waals surface area contributed by atoms with Crippen LogP contribution in [-0.2, 0) is 4.79 Å². The molecular formula is C9H10ClNO. The van der Waals surface area contributed by atoms with Crippen molar-refractivity contribution in [2.45, 2.75) is 13.8 Å². The van der Waals surface area contributed by atoms with Crippen LogP contribution in [0.5, 0.6) is 0 Å². The third-order valence-corrected chi connectivity index (χ3v) is 1.75. The van der Waals surface area contributed by atoms with Crippen molar-refractivity contribution in [1.82, 2.24) is 0 Å². The van der Waals surface area contributed by atoms with E-state index in [4.69, 9.17) is 11.6 Å². The zero-order chi connectivity index (χ0) is 9.14. The standard InChI is InChI=1S/C9H10ClNO/c1-6-3-4-8(10)5-9(6)11-7(2)12/h3-5H,1-2H3,(H,11,12). The molecule has 0 atom stereocenters. The molecule has 0 aliphatic rings. The molecule has 1 rings (SSSR count). The van der Waals surface area contributed by atoms with Gasteiger partial charge in [-0.3, -0.25) is 4.79 Å². The van der Waals surface area contributed by atoms with Gasteiger partial charge in [0.25, 0.3) is 0 Å². The number of aryl methyl sites for hydroxylation is 1. The van der Waals surface area contributed by atoms with Crippen LogP contribution in [0.2, 0.25) is 5.02 Å². The fourth-order valence-electron chi connectivity index (χ4n) is 0.919. The zero-order valence-electron chi connectivity index (χ0n) is 7.02. The van der Waals surface area contributed by atoms with Crippen LogP contribution >= 0.6 is 11.6 Å². The zero-order valence-corrected chi connectivity index (χ0v) is 7.77. The van der Waals surface area contributed by atoms with E-state index >= 15 is 0 Å². The minimum Gasteiger partial charge on any atom is -0.326 e. The van der Waals surface area contributed by atoms with E-state index in [0.29, 0.717) is 5.02 Å². The highest BCUT2D eigenvalue weighted by atomic mass is 35.5. The first-order valence-electron chi connectivity index (χ1n) is 3.63. The molecule has 1 aromatic carbocycles. The van der Waals surface area contributed by atoms with E-state index in [9.17, 15) is 4.79 Å². The fourth-order valence-corrected chi connectivity index (χ4v) is 1.09. The average Bonchev–Trinajstić information content (AvgIpc) is 1.96. The van der Waals surface area contributed by atoms with Gasteiger partial charge in [-0.25, -0.2) is 0 Å². The number of rotatable bonds is 1. The smallest absolute Gasteiger partial charge is 0.221 e. The maximum Gasteiger partial charge on any atom is 0.221 e. The second-order valence-corrected chi connectivity index (χ2v) is 3.08. The third-order valence-electron chi connectivity index (χ3n) is 1.51. The number of amides is 1. The minimum atomic E-state index is -0.0830. The van der Waals surface area contributed by atoms with Gasteiger partial charge in [-0.15, -0.1) is 0 Å². The molecule has 0 aromatic heterocycles. The van der Waals surface area contributed by atoms with Crippen LogP contribution in [-0.4, -0.2) is 5.91 Å². The SMILES string of the molecule is CC(=O)Nc1cc(Cl)ccc1C. The van der Waals surface area contributed by atoms with Gasteiger partial charge in [0.2, 0.25) is 5.91 Å². The molecule has 0 heterocycles. The van der Waals surface area contributed by atoms with Crippen LogP contribution in [0.25, 0.3) is 0 Å². The molecule has 0 radical (unpaired) electrons. The summed E-state index contributed by atoms with van der Waals surface area (Å²) in [4.78, 5) is 10.7. The molecule has 0 bridgehead atoms. The summed E-state index contributed by atoms with van der Waals surface area (Å²) in [5, 5.41) is 3.32. The first-order valence-corrected chi connectivity index (χ1v) is 4.01. The summed E-state index contributed by atoms with van der Waals surface area (Å²) in [6.07, 6.45) is 0. The van der Waals surface area contributed by atoms with Crippen molar-refractivity contribution in [1.29, 1.82) is 0 Å². The van der Waals surface area contributed by atoms with Gasteiger partial charge in [-0.2, -0.15) is 0 Å². The van der Waals surface area contributed by atoms with Crippen LogP contribution in [0.1, 0.15) is 12.5 Å². The first-order chi connectivity index (χ1) is 5.59. The summed E-state index contributed by atoms with van der Waals surface area (Å²) in [5.41, 5.74) is 1.78. The van der Waals surface area contributed by atoms with Crippen LogP contribution in [0.3, 0.4) is 0 Å². The summed E-state index contributed by atoms with van der Waals surface area (Å²) in [7, 11) is 0. The predicted octanol–water partition coefficient (Wildman–Crippen LogP) is 2.61. The van der Waals surface area contributed by atoms with Gasteiger partial charge in [-0.1, -0.05) is 17.7 Å². The van der Waals surface area contributed by atoms with Gasteiger partial charge in [-0.05, 0) is 24.6 Å². The Bertz CT molecular complexity index is 309. The van der Waals surface area contributed by atoms with E-state index in [0.717, 1.165) is 11.3 Å². The van der Waals surface area contributed by atoms with E-state index in [1.807, 2.05) is 13.0 Å². The molecule has 0 fully saturated rings. The number of anilines is 1. The molecule has 64 valence electrons. The molecule has 0 unspecified atom stereocenters. The van der Waals surface area contributed by atoms with E-state index in [2.05, 4.69) is 5.32 Å². The second-order valence-electron chi connectivity index (χ2n) is 2.64. The fraction of sp³-hybridized carbons (Fsp3) is 0.222. The number of hydrogen-bond acceptors (Lipinski definition) is 1. The van der Waals surface area contributed by atoms with Gasteiger partial charge in [0.15, 0.2) is 0 Å². The van der Waals surface area contributed by atoms with Crippen molar-refractivity contribution < 1.29 is 4.79 Å². The van der Waals surface area contributed by atoms with Crippen LogP contribution in [0, 0.1) is 6.92 Å². The Balaban J connectivity index is 2.97. The lowest BCUT2D eigenvalue weighted by Gasteiger charge is -2.05. The molecule has 0 spiro atoms. The Morgan fingerprint density at radius 2 is 2.17 bits per heavy atom. The lowest BCUT2D eigenvalue weighted by atomic mass is 10.2. The molecule has 3 heteroatoms. The Hall–Kier alpha value is -1.02. The Morgan fingerprint density at radius 1 is 1.50 bits per heavy atom. The van der Waals surface area contributed by atoms with E-state index in [1.165, 1.54) is 6.92 Å². The topological polar surface area (TPSA) is 29.1 Å². The van der Waals surface area contributed by atoms with Crippen LogP contribution < -0.4 is 5.32 Å². The number of carbonyl (C=O) groups is 1. The van der Waals surface area contributed by atoms with Crippen molar-refractivity contribution in [2.24, 2.45) is 0 Å². The summed E-state index contributed by atoms with van der Waals surface area (Å²) in [6, 6.07) is 5.40. The van der Waals surface area contributed by atoms with E-state index in [-0.39, 0.29) is 5.91 Å². The van der Waals surface area contributed by atoms with Gasteiger partial charge >= 0.3 is 0 Å². The average molecular weight is 184 g/mol. The van der Waals surface area contributed by atoms with Crippen molar-refractivity contribution in [3.05, 3.63) is 28.8 Å². The summed E-state index contributed by atoms with van der Waals surface area (Å²) in [5.74, 6) is -0.0830. The highest BCUT2D eigenvalue weighted by Gasteiger charge is 1.99. The molecule has 0 saturated carbocycles. The van der Waals surface area contributed by atoms with E-state index < -0.39 is 0 Å². The summed E-state index contributed by atoms with van der Waals surface area (Å²) >= 11 is 5.75. The van der Waals surface area contributed by atoms with Crippen LogP contribution in [0.15, 0.2) is 18.2 Å². The molecule has 0 aliphatic heterocycles. The highest BCUT2D eigenvalue weighted by molar-refractivity contribution is 6.31. The molecule has 0 aliphatic carbocycles. The number of benzene rings is 1. The van der Waals surface area contributed by atoms with Crippen LogP contribution in [0.4, 0.5) is 5.69 Å². The molecule has 0 saturated heterocycles. The van der Waals surface area contributed by atoms with Gasteiger partial charge in [0, 0.05) is 17.6 Å². The summed E-state index contributed by atoms with van der Waals surface area (Å²) in [6.45, 7) is 3.39. The lowest BCUT2D eigenvalue weighted by Crippen LogP contribution is -2.06. The van der Waals surface area contributed by atoms with Gasteiger partial charge in [0.1, 0.15) is 0 Å². The highest BCUT2D eigenvalue weighted by Crippen LogP contribution is 2.19. The maximum atomic E-state index is 10.7. The number of halogens is 1. The number of carbonyl (C=O) groups excluding carboxylic acids is 1. The predicted molar refractivity (Wildman–Crippen MR) is 50.5 cm³/mol. The monoisotopic (exact) mass is 183 g/mol. The molecule has 1 aromatic rings. The van der Waals surface area contributed by atoms with Gasteiger partial charge in [0.05, 0.1) is 0 Å². The number of hydrogen-bond donors (Lipinski definition) is 1. The Morgan fingerprint density at radius 3 is 2.75 bits per heavy atom. The van der Waals surface area contributed by atoms with E-state index in [1.54, 1.807) is 12.1 Å². The third kappa shape index (κ3) is 2.24. The molecule has 2 nitrogen and oxygen atoms in total. The molecule has 1 amide bonds. The van der Waals surface area contributed by atoms with Gasteiger partial charge < -0.3 is 5.32 Å². The normalized spacial score (nSPS) is 9.58. The molecular weight excluding hydrogens is 174 g/mol.